The van der Waals surface area contributed by atoms with Crippen LogP contribution in [0, 0.1) is 5.92 Å². The first-order valence-electron chi connectivity index (χ1n) is 5.60. The summed E-state index contributed by atoms with van der Waals surface area (Å²) in [5.41, 5.74) is 0.792. The van der Waals surface area contributed by atoms with E-state index >= 15 is 0 Å². The highest BCUT2D eigenvalue weighted by atomic mass is 79.9. The first-order chi connectivity index (χ1) is 8.49. The molecule has 0 aromatic carbocycles. The van der Waals surface area contributed by atoms with E-state index in [4.69, 9.17) is 0 Å². The van der Waals surface area contributed by atoms with Crippen molar-refractivity contribution in [2.24, 2.45) is 5.92 Å². The Morgan fingerprint density at radius 2 is 2.11 bits per heavy atom. The quantitative estimate of drug-likeness (QED) is 0.896. The van der Waals surface area contributed by atoms with Crippen LogP contribution in [-0.2, 0) is 6.42 Å². The minimum absolute atomic E-state index is 0.111. The Bertz CT molecular complexity index is 599. The van der Waals surface area contributed by atoms with Crippen molar-refractivity contribution < 1.29 is 0 Å². The van der Waals surface area contributed by atoms with Crippen molar-refractivity contribution in [1.82, 2.24) is 14.8 Å². The maximum Gasteiger partial charge on any atom is 0.287 e. The lowest BCUT2D eigenvalue weighted by molar-refractivity contribution is 0.625. The minimum atomic E-state index is -0.111. The molecule has 0 unspecified atom stereocenters. The minimum Gasteiger partial charge on any atom is -0.292 e. The van der Waals surface area contributed by atoms with Crippen molar-refractivity contribution in [3.05, 3.63) is 43.3 Å². The fourth-order valence-electron chi connectivity index (χ4n) is 1.67. The fraction of sp³-hybridized carbons (Fsp3) is 0.333. The molecule has 0 radical (unpaired) electrons. The van der Waals surface area contributed by atoms with Gasteiger partial charge in [-0.3, -0.25) is 9.89 Å². The summed E-state index contributed by atoms with van der Waals surface area (Å²) in [6.07, 6.45) is 2.48. The Morgan fingerprint density at radius 1 is 1.39 bits per heavy atom. The molecule has 0 saturated carbocycles. The van der Waals surface area contributed by atoms with E-state index in [-0.39, 0.29) is 5.56 Å². The molecule has 2 rings (SSSR count). The molecular weight excluding hydrogens is 362 g/mol. The number of hydrogen-bond acceptors (Lipinski definition) is 2. The zero-order chi connectivity index (χ0) is 13.3. The van der Waals surface area contributed by atoms with Gasteiger partial charge in [0.25, 0.3) is 5.56 Å². The molecule has 0 atom stereocenters. The van der Waals surface area contributed by atoms with Gasteiger partial charge >= 0.3 is 0 Å². The highest BCUT2D eigenvalue weighted by Crippen LogP contribution is 2.16. The molecule has 0 bridgehead atoms. The summed E-state index contributed by atoms with van der Waals surface area (Å²) in [6, 6.07) is 3.64. The van der Waals surface area contributed by atoms with Crippen molar-refractivity contribution >= 4 is 31.9 Å². The molecule has 0 spiro atoms. The van der Waals surface area contributed by atoms with Gasteiger partial charge in [0, 0.05) is 10.7 Å². The van der Waals surface area contributed by atoms with Crippen molar-refractivity contribution in [3.63, 3.8) is 0 Å². The van der Waals surface area contributed by atoms with Gasteiger partial charge in [-0.1, -0.05) is 13.8 Å². The third kappa shape index (κ3) is 2.75. The molecule has 2 heterocycles. The van der Waals surface area contributed by atoms with E-state index < -0.39 is 0 Å². The number of hydrogen-bond donors (Lipinski definition) is 1. The van der Waals surface area contributed by atoms with Gasteiger partial charge in [-0.15, -0.1) is 0 Å². The number of halogens is 2. The van der Waals surface area contributed by atoms with Gasteiger partial charge in [-0.2, -0.15) is 0 Å². The van der Waals surface area contributed by atoms with E-state index in [1.807, 2.05) is 6.07 Å². The van der Waals surface area contributed by atoms with Gasteiger partial charge in [-0.25, -0.2) is 9.67 Å². The Hall–Kier alpha value is -0.880. The molecular formula is C12H13Br2N3O. The van der Waals surface area contributed by atoms with E-state index in [1.165, 1.54) is 4.68 Å². The van der Waals surface area contributed by atoms with E-state index in [2.05, 4.69) is 55.8 Å². The van der Waals surface area contributed by atoms with Crippen LogP contribution < -0.4 is 5.56 Å². The van der Waals surface area contributed by atoms with Gasteiger partial charge in [0.15, 0.2) is 5.82 Å². The topological polar surface area (TPSA) is 50.7 Å². The van der Waals surface area contributed by atoms with Crippen molar-refractivity contribution in [2.45, 2.75) is 20.3 Å². The standard InChI is InChI=1S/C12H13Br2N3O/c1-7(2)5-9-11(14)12(18)17(16-9)10-4-3-8(13)6-15-10/h3-4,6-7,16H,5H2,1-2H3. The van der Waals surface area contributed by atoms with E-state index in [0.717, 1.165) is 16.6 Å². The third-order valence-electron chi connectivity index (χ3n) is 2.46. The monoisotopic (exact) mass is 373 g/mol. The van der Waals surface area contributed by atoms with Gasteiger partial charge in [-0.05, 0) is 56.3 Å². The van der Waals surface area contributed by atoms with Crippen LogP contribution >= 0.6 is 31.9 Å². The Labute approximate surface area is 122 Å². The van der Waals surface area contributed by atoms with Crippen LogP contribution in [0.25, 0.3) is 5.82 Å². The van der Waals surface area contributed by atoms with E-state index in [9.17, 15) is 4.79 Å². The molecule has 0 aliphatic heterocycles. The second-order valence-electron chi connectivity index (χ2n) is 4.48. The number of nitrogens with zero attached hydrogens (tertiary/aromatic N) is 2. The summed E-state index contributed by atoms with van der Waals surface area (Å²) >= 11 is 6.66. The molecule has 1 N–H and O–H groups in total. The summed E-state index contributed by atoms with van der Waals surface area (Å²) in [5, 5.41) is 3.10. The van der Waals surface area contributed by atoms with Crippen LogP contribution in [0.3, 0.4) is 0 Å². The summed E-state index contributed by atoms with van der Waals surface area (Å²) in [6.45, 7) is 4.22. The van der Waals surface area contributed by atoms with Crippen LogP contribution in [-0.4, -0.2) is 14.8 Å². The highest BCUT2D eigenvalue weighted by molar-refractivity contribution is 9.10. The van der Waals surface area contributed by atoms with Crippen molar-refractivity contribution in [2.75, 3.05) is 0 Å². The highest BCUT2D eigenvalue weighted by Gasteiger charge is 2.14. The first-order valence-corrected chi connectivity index (χ1v) is 7.19. The van der Waals surface area contributed by atoms with Crippen LogP contribution in [0.4, 0.5) is 0 Å². The second kappa shape index (κ2) is 5.40. The number of H-pyrrole nitrogens is 1. The molecule has 18 heavy (non-hydrogen) atoms. The SMILES string of the molecule is CC(C)Cc1[nH]n(-c2ccc(Br)cn2)c(=O)c1Br. The van der Waals surface area contributed by atoms with Gasteiger partial charge in [0.05, 0.1) is 5.69 Å². The normalized spacial score (nSPS) is 11.2. The Morgan fingerprint density at radius 3 is 2.67 bits per heavy atom. The summed E-state index contributed by atoms with van der Waals surface area (Å²) in [7, 11) is 0. The molecule has 2 aromatic rings. The predicted molar refractivity (Wildman–Crippen MR) is 78.1 cm³/mol. The van der Waals surface area contributed by atoms with E-state index in [1.54, 1.807) is 12.3 Å². The lowest BCUT2D eigenvalue weighted by Crippen LogP contribution is -2.15. The van der Waals surface area contributed by atoms with Gasteiger partial charge in [0.1, 0.15) is 4.47 Å². The van der Waals surface area contributed by atoms with Gasteiger partial charge in [0.2, 0.25) is 0 Å². The molecule has 0 aliphatic rings. The lowest BCUT2D eigenvalue weighted by Gasteiger charge is -2.03. The third-order valence-corrected chi connectivity index (χ3v) is 3.74. The molecule has 4 nitrogen and oxygen atoms in total. The van der Waals surface area contributed by atoms with Gasteiger partial charge < -0.3 is 0 Å². The molecule has 0 aliphatic carbocycles. The summed E-state index contributed by atoms with van der Waals surface area (Å²) in [4.78, 5) is 16.3. The molecule has 0 fully saturated rings. The smallest absolute Gasteiger partial charge is 0.287 e. The average Bonchev–Trinajstić information content (AvgIpc) is 2.58. The zero-order valence-corrected chi connectivity index (χ0v) is 13.2. The number of aromatic nitrogens is 3. The first kappa shape index (κ1) is 13.5. The Kier molecular flexibility index (Phi) is 4.07. The molecule has 6 heteroatoms. The van der Waals surface area contributed by atoms with Crippen LogP contribution in [0.2, 0.25) is 0 Å². The second-order valence-corrected chi connectivity index (χ2v) is 6.19. The predicted octanol–water partition coefficient (Wildman–Crippen LogP) is 3.28. The van der Waals surface area contributed by atoms with Crippen molar-refractivity contribution in [1.29, 1.82) is 0 Å². The molecule has 0 amide bonds. The number of pyridine rings is 1. The maximum absolute atomic E-state index is 12.1. The van der Waals surface area contributed by atoms with E-state index in [0.29, 0.717) is 16.2 Å². The summed E-state index contributed by atoms with van der Waals surface area (Å²) < 4.78 is 2.92. The molecule has 96 valence electrons. The van der Waals surface area contributed by atoms with Crippen LogP contribution in [0.5, 0.6) is 0 Å². The van der Waals surface area contributed by atoms with Crippen molar-refractivity contribution in [3.8, 4) is 5.82 Å². The number of aromatic amines is 1. The van der Waals surface area contributed by atoms with Crippen LogP contribution in [0.1, 0.15) is 19.5 Å². The van der Waals surface area contributed by atoms with Crippen LogP contribution in [0.15, 0.2) is 32.1 Å². The molecule has 0 saturated heterocycles. The fourth-order valence-corrected chi connectivity index (χ4v) is 2.33. The lowest BCUT2D eigenvalue weighted by atomic mass is 10.1. The largest absolute Gasteiger partial charge is 0.292 e. The summed E-state index contributed by atoms with van der Waals surface area (Å²) in [5.74, 6) is 1.06. The maximum atomic E-state index is 12.1. The average molecular weight is 375 g/mol. The number of nitrogens with one attached hydrogen (secondary N) is 1. The zero-order valence-electron chi connectivity index (χ0n) is 10.1. The number of rotatable bonds is 3. The molecule has 2 aromatic heterocycles. The Balaban J connectivity index is 2.46.